The van der Waals surface area contributed by atoms with Gasteiger partial charge in [0.1, 0.15) is 12.3 Å². The predicted octanol–water partition coefficient (Wildman–Crippen LogP) is 2.52. The summed E-state index contributed by atoms with van der Waals surface area (Å²) in [7, 11) is 0. The number of nitrogens with one attached hydrogen (secondary N) is 2. The lowest BCUT2D eigenvalue weighted by molar-refractivity contribution is -0.128. The summed E-state index contributed by atoms with van der Waals surface area (Å²) < 4.78 is 37.0. The molecule has 9 nitrogen and oxygen atoms in total. The molecule has 5 fully saturated rings. The van der Waals surface area contributed by atoms with Gasteiger partial charge in [-0.2, -0.15) is 0 Å². The molecule has 0 aromatic rings. The number of halogens is 2. The molecule has 2 saturated carbocycles. The molecule has 0 radical (unpaired) electrons. The zero-order valence-electron chi connectivity index (χ0n) is 26.6. The number of carbonyl (C=O) groups excluding carboxylic acids is 1. The molecule has 0 aromatic heterocycles. The number of rotatable bonds is 7. The van der Waals surface area contributed by atoms with Crippen LogP contribution in [0.4, 0.5) is 8.78 Å². The van der Waals surface area contributed by atoms with Crippen LogP contribution in [0.2, 0.25) is 0 Å². The van der Waals surface area contributed by atoms with Crippen LogP contribution in [0, 0.1) is 17.3 Å². The first-order valence-electron chi connectivity index (χ1n) is 17.8. The summed E-state index contributed by atoms with van der Waals surface area (Å²) in [5, 5.41) is 6.53. The van der Waals surface area contributed by atoms with Crippen LogP contribution in [0.1, 0.15) is 83.5 Å². The molecule has 6 aliphatic rings. The fourth-order valence-electron chi connectivity index (χ4n) is 9.42. The van der Waals surface area contributed by atoms with Gasteiger partial charge in [0.25, 0.3) is 0 Å². The van der Waals surface area contributed by atoms with E-state index in [1.165, 1.54) is 6.42 Å². The van der Waals surface area contributed by atoms with Gasteiger partial charge in [-0.1, -0.05) is 25.7 Å². The molecule has 6 N–H and O–H groups in total. The lowest BCUT2D eigenvalue weighted by Gasteiger charge is -2.49. The number of likely N-dealkylation sites (tertiary alicyclic amines) is 1. The maximum absolute atomic E-state index is 16.8. The number of amides is 1. The van der Waals surface area contributed by atoms with E-state index in [4.69, 9.17) is 21.2 Å². The van der Waals surface area contributed by atoms with Crippen LogP contribution in [0.25, 0.3) is 0 Å². The van der Waals surface area contributed by atoms with Gasteiger partial charge in [-0.25, -0.2) is 8.78 Å². The molecule has 250 valence electrons. The molecule has 7 unspecified atom stereocenters. The molecule has 0 aromatic carbocycles. The molecule has 4 aliphatic heterocycles. The van der Waals surface area contributed by atoms with Gasteiger partial charge in [-0.15, -0.1) is 0 Å². The van der Waals surface area contributed by atoms with E-state index in [2.05, 4.69) is 20.4 Å². The monoisotopic (exact) mass is 621 g/mol. The van der Waals surface area contributed by atoms with E-state index in [1.807, 2.05) is 6.21 Å². The van der Waals surface area contributed by atoms with E-state index in [9.17, 15) is 9.18 Å². The van der Waals surface area contributed by atoms with Gasteiger partial charge in [0.15, 0.2) is 0 Å². The van der Waals surface area contributed by atoms with E-state index in [-0.39, 0.29) is 35.9 Å². The highest BCUT2D eigenvalue weighted by Gasteiger charge is 2.48. The standard InChI is InChI=1S/C33H57F2N7O2/c34-23-7-12-33(10-4-11-33)19-25(38-20-23)27(31(36)37)32(43)40-26-21-39-29(22-5-2-1-3-6-22)28(35)30(26)42-13-8-24(9-14-42)41-15-17-44-18-16-41/h21-31,38H,1-20,36-37H2,(H,40,43). The van der Waals surface area contributed by atoms with Crippen molar-refractivity contribution in [3.8, 4) is 0 Å². The van der Waals surface area contributed by atoms with Crippen LogP contribution >= 0.6 is 0 Å². The summed E-state index contributed by atoms with van der Waals surface area (Å²) >= 11 is 0. The molecular weight excluding hydrogens is 564 g/mol. The van der Waals surface area contributed by atoms with Crippen LogP contribution in [0.5, 0.6) is 0 Å². The van der Waals surface area contributed by atoms with Crippen molar-refractivity contribution >= 4 is 12.1 Å². The number of aliphatic imine (C=N–C) groups is 1. The van der Waals surface area contributed by atoms with Gasteiger partial charge in [0.05, 0.1) is 43.4 Å². The molecule has 7 atom stereocenters. The minimum absolute atomic E-state index is 0.0484. The summed E-state index contributed by atoms with van der Waals surface area (Å²) in [6.45, 7) is 5.22. The zero-order valence-corrected chi connectivity index (χ0v) is 26.6. The van der Waals surface area contributed by atoms with Crippen LogP contribution in [-0.4, -0.2) is 117 Å². The van der Waals surface area contributed by atoms with Crippen molar-refractivity contribution in [3.63, 3.8) is 0 Å². The van der Waals surface area contributed by atoms with Crippen molar-refractivity contribution in [1.29, 1.82) is 0 Å². The van der Waals surface area contributed by atoms with Crippen molar-refractivity contribution in [2.75, 3.05) is 45.9 Å². The second kappa shape index (κ2) is 14.7. The second-order valence-electron chi connectivity index (χ2n) is 14.9. The Bertz CT molecular complexity index is 964. The van der Waals surface area contributed by atoms with Crippen molar-refractivity contribution in [2.45, 2.75) is 132 Å². The molecular formula is C33H57F2N7O2. The lowest BCUT2D eigenvalue weighted by Crippen LogP contribution is -2.66. The topological polar surface area (TPSA) is 121 Å². The zero-order chi connectivity index (χ0) is 30.7. The third kappa shape index (κ3) is 7.33. The molecule has 0 bridgehead atoms. The van der Waals surface area contributed by atoms with Gasteiger partial charge in [-0.05, 0) is 69.1 Å². The smallest absolute Gasteiger partial charge is 0.228 e. The summed E-state index contributed by atoms with van der Waals surface area (Å²) in [6.07, 6.45) is 11.6. The molecule has 2 aliphatic carbocycles. The largest absolute Gasteiger partial charge is 0.379 e. The minimum atomic E-state index is -1.16. The lowest BCUT2D eigenvalue weighted by atomic mass is 9.61. The normalized spacial score (nSPS) is 37.3. The number of alkyl halides is 2. The minimum Gasteiger partial charge on any atom is -0.379 e. The van der Waals surface area contributed by atoms with Gasteiger partial charge >= 0.3 is 0 Å². The van der Waals surface area contributed by atoms with E-state index >= 15 is 4.39 Å². The number of piperidine rings is 1. The van der Waals surface area contributed by atoms with Crippen LogP contribution in [0.15, 0.2) is 4.99 Å². The third-order valence-electron chi connectivity index (χ3n) is 12.2. The van der Waals surface area contributed by atoms with E-state index in [0.717, 1.165) is 110 Å². The molecule has 3 saturated heterocycles. The summed E-state index contributed by atoms with van der Waals surface area (Å²) in [5.41, 5.74) is 12.7. The maximum atomic E-state index is 16.8. The summed E-state index contributed by atoms with van der Waals surface area (Å²) in [5.74, 6) is -0.777. The average Bonchev–Trinajstić information content (AvgIpc) is 3.01. The molecule has 1 amide bonds. The predicted molar refractivity (Wildman–Crippen MR) is 169 cm³/mol. The van der Waals surface area contributed by atoms with Gasteiger partial charge in [-0.3, -0.25) is 19.6 Å². The Kier molecular flexibility index (Phi) is 10.9. The van der Waals surface area contributed by atoms with Crippen molar-refractivity contribution in [3.05, 3.63) is 0 Å². The highest BCUT2D eigenvalue weighted by molar-refractivity contribution is 5.84. The Morgan fingerprint density at radius 2 is 1.68 bits per heavy atom. The number of hydrogen-bond acceptors (Lipinski definition) is 8. The van der Waals surface area contributed by atoms with Gasteiger partial charge in [0.2, 0.25) is 5.91 Å². The highest BCUT2D eigenvalue weighted by atomic mass is 19.1. The van der Waals surface area contributed by atoms with Crippen LogP contribution < -0.4 is 22.1 Å². The van der Waals surface area contributed by atoms with Crippen molar-refractivity contribution in [1.82, 2.24) is 20.4 Å². The Morgan fingerprint density at radius 1 is 0.955 bits per heavy atom. The van der Waals surface area contributed by atoms with Crippen LogP contribution in [-0.2, 0) is 9.53 Å². The highest BCUT2D eigenvalue weighted by Crippen LogP contribution is 2.50. The fraction of sp³-hybridized carbons (Fsp3) is 0.939. The fourth-order valence-corrected chi connectivity index (χ4v) is 9.42. The molecule has 44 heavy (non-hydrogen) atoms. The quantitative estimate of drug-likeness (QED) is 0.323. The number of ether oxygens (including phenoxy) is 1. The van der Waals surface area contributed by atoms with E-state index in [0.29, 0.717) is 12.5 Å². The Labute approximate surface area is 262 Å². The molecule has 1 spiro atoms. The molecule has 4 heterocycles. The van der Waals surface area contributed by atoms with Gasteiger partial charge < -0.3 is 26.8 Å². The second-order valence-corrected chi connectivity index (χ2v) is 14.9. The SMILES string of the molecule is NC(N)C(C(=O)NC1C=NC(C2CCCCC2)C(F)C1N1CCC(N2CCOCC2)CC1)C1CC2(CCC2)CCC(F)CN1. The number of morpholine rings is 1. The summed E-state index contributed by atoms with van der Waals surface area (Å²) in [4.78, 5) is 23.7. The molecule has 11 heteroatoms. The van der Waals surface area contributed by atoms with Crippen molar-refractivity contribution in [2.24, 2.45) is 33.7 Å². The number of nitrogens with two attached hydrogens (primary N) is 2. The Morgan fingerprint density at radius 3 is 2.34 bits per heavy atom. The van der Waals surface area contributed by atoms with E-state index in [1.54, 1.807) is 0 Å². The van der Waals surface area contributed by atoms with Crippen molar-refractivity contribution < 1.29 is 18.3 Å². The van der Waals surface area contributed by atoms with Crippen LogP contribution in [0.3, 0.4) is 0 Å². The first-order chi connectivity index (χ1) is 21.3. The first kappa shape index (κ1) is 32.7. The maximum Gasteiger partial charge on any atom is 0.228 e. The van der Waals surface area contributed by atoms with Gasteiger partial charge in [0, 0.05) is 51.0 Å². The third-order valence-corrected chi connectivity index (χ3v) is 12.2. The Balaban J connectivity index is 1.19. The number of hydrogen-bond donors (Lipinski definition) is 4. The summed E-state index contributed by atoms with van der Waals surface area (Å²) in [6, 6.07) is -1.27. The number of nitrogens with zero attached hydrogens (tertiary/aromatic N) is 3. The Hall–Kier alpha value is -1.24. The molecule has 6 rings (SSSR count). The average molecular weight is 622 g/mol. The van der Waals surface area contributed by atoms with E-state index < -0.39 is 36.5 Å². The first-order valence-corrected chi connectivity index (χ1v) is 17.8. The number of carbonyl (C=O) groups is 1.